The lowest BCUT2D eigenvalue weighted by Crippen LogP contribution is -2.27. The van der Waals surface area contributed by atoms with Crippen molar-refractivity contribution in [3.63, 3.8) is 0 Å². The van der Waals surface area contributed by atoms with Crippen LogP contribution in [0.25, 0.3) is 0 Å². The molecule has 0 saturated carbocycles. The van der Waals surface area contributed by atoms with E-state index in [1.807, 2.05) is 50.4 Å². The van der Waals surface area contributed by atoms with Crippen molar-refractivity contribution < 1.29 is 9.13 Å². The molecule has 4 heteroatoms. The fraction of sp³-hybridized carbons (Fsp3) is 0.294. The minimum Gasteiger partial charge on any atom is -0.492 e. The summed E-state index contributed by atoms with van der Waals surface area (Å²) in [5, 5.41) is 0. The Morgan fingerprint density at radius 3 is 2.48 bits per heavy atom. The molecule has 2 aromatic carbocycles. The average molecular weight is 352 g/mol. The van der Waals surface area contributed by atoms with Gasteiger partial charge in [0.05, 0.1) is 0 Å². The summed E-state index contributed by atoms with van der Waals surface area (Å²) in [5.74, 6) is 0.677. The van der Waals surface area contributed by atoms with Gasteiger partial charge in [0.15, 0.2) is 0 Å². The number of rotatable bonds is 6. The molecule has 0 spiro atoms. The summed E-state index contributed by atoms with van der Waals surface area (Å²) < 4.78 is 20.5. The third-order valence-electron chi connectivity index (χ3n) is 3.54. The van der Waals surface area contributed by atoms with Gasteiger partial charge in [0.1, 0.15) is 18.2 Å². The second-order valence-corrected chi connectivity index (χ2v) is 5.90. The van der Waals surface area contributed by atoms with Crippen LogP contribution in [0.5, 0.6) is 5.75 Å². The van der Waals surface area contributed by atoms with Gasteiger partial charge in [-0.1, -0.05) is 34.1 Å². The van der Waals surface area contributed by atoms with Crippen LogP contribution in [-0.2, 0) is 0 Å². The van der Waals surface area contributed by atoms with E-state index in [4.69, 9.17) is 4.74 Å². The van der Waals surface area contributed by atoms with Gasteiger partial charge < -0.3 is 4.74 Å². The first-order valence-electron chi connectivity index (χ1n) is 6.91. The molecule has 0 fully saturated rings. The van der Waals surface area contributed by atoms with Crippen LogP contribution in [0, 0.1) is 5.82 Å². The van der Waals surface area contributed by atoms with E-state index < -0.39 is 0 Å². The highest BCUT2D eigenvalue weighted by Crippen LogP contribution is 2.21. The van der Waals surface area contributed by atoms with Crippen LogP contribution >= 0.6 is 15.9 Å². The van der Waals surface area contributed by atoms with Gasteiger partial charge in [0, 0.05) is 22.6 Å². The molecule has 1 unspecified atom stereocenters. The molecular formula is C17H19BrFNO. The summed E-state index contributed by atoms with van der Waals surface area (Å²) in [6.45, 7) is 3.29. The zero-order valence-electron chi connectivity index (χ0n) is 12.2. The number of benzene rings is 2. The van der Waals surface area contributed by atoms with Crippen LogP contribution in [0.4, 0.5) is 4.39 Å². The largest absolute Gasteiger partial charge is 0.492 e. The fourth-order valence-electron chi connectivity index (χ4n) is 2.08. The highest BCUT2D eigenvalue weighted by molar-refractivity contribution is 9.10. The number of ether oxygens (including phenoxy) is 1. The van der Waals surface area contributed by atoms with Gasteiger partial charge in [-0.15, -0.1) is 0 Å². The van der Waals surface area contributed by atoms with E-state index in [1.165, 1.54) is 6.07 Å². The summed E-state index contributed by atoms with van der Waals surface area (Å²) in [6.07, 6.45) is 0. The Morgan fingerprint density at radius 1 is 1.14 bits per heavy atom. The molecule has 0 radical (unpaired) electrons. The summed E-state index contributed by atoms with van der Waals surface area (Å²) in [4.78, 5) is 2.08. The van der Waals surface area contributed by atoms with Crippen LogP contribution < -0.4 is 4.74 Å². The zero-order chi connectivity index (χ0) is 15.2. The van der Waals surface area contributed by atoms with Crippen molar-refractivity contribution in [2.45, 2.75) is 13.0 Å². The molecule has 0 N–H and O–H groups in total. The van der Waals surface area contributed by atoms with E-state index in [9.17, 15) is 4.39 Å². The lowest BCUT2D eigenvalue weighted by Gasteiger charge is -2.25. The molecule has 0 saturated heterocycles. The normalized spacial score (nSPS) is 12.4. The first kappa shape index (κ1) is 16.0. The van der Waals surface area contributed by atoms with E-state index in [1.54, 1.807) is 6.07 Å². The Balaban J connectivity index is 1.85. The van der Waals surface area contributed by atoms with Gasteiger partial charge in [0.2, 0.25) is 0 Å². The molecule has 0 heterocycles. The summed E-state index contributed by atoms with van der Waals surface area (Å²) in [6, 6.07) is 14.6. The predicted octanol–water partition coefficient (Wildman–Crippen LogP) is 4.66. The molecule has 0 aliphatic heterocycles. The third-order valence-corrected chi connectivity index (χ3v) is 4.07. The van der Waals surface area contributed by atoms with Gasteiger partial charge in [-0.3, -0.25) is 4.90 Å². The number of hydrogen-bond donors (Lipinski definition) is 0. The second kappa shape index (κ2) is 7.57. The fourth-order valence-corrected chi connectivity index (χ4v) is 2.35. The quantitative estimate of drug-likeness (QED) is 0.750. The van der Waals surface area contributed by atoms with E-state index in [0.29, 0.717) is 12.2 Å². The van der Waals surface area contributed by atoms with Gasteiger partial charge in [-0.2, -0.15) is 0 Å². The van der Waals surface area contributed by atoms with Crippen molar-refractivity contribution in [1.82, 2.24) is 4.90 Å². The average Bonchev–Trinajstić information content (AvgIpc) is 2.49. The van der Waals surface area contributed by atoms with Crippen LogP contribution in [0.1, 0.15) is 18.5 Å². The topological polar surface area (TPSA) is 12.5 Å². The molecule has 0 bridgehead atoms. The molecule has 1 atom stereocenters. The predicted molar refractivity (Wildman–Crippen MR) is 87.1 cm³/mol. The smallest absolute Gasteiger partial charge is 0.127 e. The minimum atomic E-state index is -0.161. The molecule has 0 aromatic heterocycles. The van der Waals surface area contributed by atoms with E-state index in [0.717, 1.165) is 16.8 Å². The maximum atomic E-state index is 13.8. The Bertz CT molecular complexity index is 573. The van der Waals surface area contributed by atoms with Crippen molar-refractivity contribution in [2.24, 2.45) is 0 Å². The van der Waals surface area contributed by atoms with Gasteiger partial charge >= 0.3 is 0 Å². The Kier molecular flexibility index (Phi) is 5.76. The number of likely N-dealkylation sites (N-methyl/N-ethyl adjacent to an activating group) is 1. The van der Waals surface area contributed by atoms with Crippen LogP contribution in [0.2, 0.25) is 0 Å². The van der Waals surface area contributed by atoms with Crippen LogP contribution in [-0.4, -0.2) is 25.1 Å². The lowest BCUT2D eigenvalue weighted by atomic mass is 10.1. The van der Waals surface area contributed by atoms with Crippen molar-refractivity contribution >= 4 is 15.9 Å². The van der Waals surface area contributed by atoms with Gasteiger partial charge in [-0.25, -0.2) is 4.39 Å². The summed E-state index contributed by atoms with van der Waals surface area (Å²) in [5.41, 5.74) is 0.712. The second-order valence-electron chi connectivity index (χ2n) is 4.98. The highest BCUT2D eigenvalue weighted by Gasteiger charge is 2.14. The summed E-state index contributed by atoms with van der Waals surface area (Å²) >= 11 is 3.39. The monoisotopic (exact) mass is 351 g/mol. The van der Waals surface area contributed by atoms with Gasteiger partial charge in [-0.05, 0) is 44.3 Å². The third kappa shape index (κ3) is 4.55. The first-order chi connectivity index (χ1) is 10.1. The van der Waals surface area contributed by atoms with Gasteiger partial charge in [0.25, 0.3) is 0 Å². The Hall–Kier alpha value is -1.39. The number of hydrogen-bond acceptors (Lipinski definition) is 2. The maximum absolute atomic E-state index is 13.8. The number of nitrogens with zero attached hydrogens (tertiary/aromatic N) is 1. The SMILES string of the molecule is CC(c1ccccc1F)N(C)CCOc1ccc(Br)cc1. The minimum absolute atomic E-state index is 0.0136. The molecule has 0 aliphatic carbocycles. The zero-order valence-corrected chi connectivity index (χ0v) is 13.8. The van der Waals surface area contributed by atoms with Crippen molar-refractivity contribution in [3.8, 4) is 5.75 Å². The molecule has 112 valence electrons. The van der Waals surface area contributed by atoms with E-state index in [-0.39, 0.29) is 11.9 Å². The van der Waals surface area contributed by atoms with Crippen LogP contribution in [0.15, 0.2) is 53.0 Å². The molecular weight excluding hydrogens is 333 g/mol. The van der Waals surface area contributed by atoms with Crippen LogP contribution in [0.3, 0.4) is 0 Å². The van der Waals surface area contributed by atoms with E-state index in [2.05, 4.69) is 20.8 Å². The molecule has 21 heavy (non-hydrogen) atoms. The molecule has 2 aromatic rings. The molecule has 2 rings (SSSR count). The Morgan fingerprint density at radius 2 is 1.81 bits per heavy atom. The first-order valence-corrected chi connectivity index (χ1v) is 7.70. The van der Waals surface area contributed by atoms with E-state index >= 15 is 0 Å². The molecule has 0 amide bonds. The van der Waals surface area contributed by atoms with Crippen molar-refractivity contribution in [1.29, 1.82) is 0 Å². The maximum Gasteiger partial charge on any atom is 0.127 e. The highest BCUT2D eigenvalue weighted by atomic mass is 79.9. The standard InChI is InChI=1S/C17H19BrFNO/c1-13(16-5-3-4-6-17(16)19)20(2)11-12-21-15-9-7-14(18)8-10-15/h3-10,13H,11-12H2,1-2H3. The molecule has 2 nitrogen and oxygen atoms in total. The molecule has 0 aliphatic rings. The lowest BCUT2D eigenvalue weighted by molar-refractivity contribution is 0.198. The number of halogens is 2. The van der Waals surface area contributed by atoms with Crippen molar-refractivity contribution in [2.75, 3.05) is 20.2 Å². The summed E-state index contributed by atoms with van der Waals surface area (Å²) in [7, 11) is 1.97. The van der Waals surface area contributed by atoms with Crippen molar-refractivity contribution in [3.05, 3.63) is 64.4 Å². The Labute approximate surface area is 133 Å².